The Morgan fingerprint density at radius 1 is 1.60 bits per heavy atom. The molecule has 0 radical (unpaired) electrons. The topological polar surface area (TPSA) is 75.8 Å². The van der Waals surface area contributed by atoms with Gasteiger partial charge in [0.1, 0.15) is 0 Å². The third-order valence-electron chi connectivity index (χ3n) is 3.20. The summed E-state index contributed by atoms with van der Waals surface area (Å²) in [6, 6.07) is 4.83. The van der Waals surface area contributed by atoms with E-state index in [2.05, 4.69) is 0 Å². The third-order valence-corrected chi connectivity index (χ3v) is 3.51. The van der Waals surface area contributed by atoms with Crippen molar-refractivity contribution in [1.82, 2.24) is 4.90 Å². The van der Waals surface area contributed by atoms with Crippen molar-refractivity contribution in [3.63, 3.8) is 0 Å². The van der Waals surface area contributed by atoms with Crippen LogP contribution in [0.1, 0.15) is 24.2 Å². The smallest absolute Gasteiger partial charge is 0.255 e. The molecule has 20 heavy (non-hydrogen) atoms. The first-order chi connectivity index (χ1) is 9.32. The Balaban J connectivity index is 2.23. The average molecular weight is 299 g/mol. The van der Waals surface area contributed by atoms with Crippen LogP contribution in [0.15, 0.2) is 18.2 Å². The van der Waals surface area contributed by atoms with Crippen LogP contribution in [0, 0.1) is 0 Å². The molecule has 3 N–H and O–H groups in total. The first-order valence-electron chi connectivity index (χ1n) is 6.45. The van der Waals surface area contributed by atoms with E-state index in [4.69, 9.17) is 22.1 Å². The summed E-state index contributed by atoms with van der Waals surface area (Å²) in [6.45, 7) is 4.45. The van der Waals surface area contributed by atoms with Crippen molar-refractivity contribution < 1.29 is 14.6 Å². The Bertz CT molecular complexity index is 519. The van der Waals surface area contributed by atoms with E-state index in [-0.39, 0.29) is 18.6 Å². The van der Waals surface area contributed by atoms with Crippen LogP contribution >= 0.6 is 11.6 Å². The first kappa shape index (κ1) is 15.1. The van der Waals surface area contributed by atoms with Gasteiger partial charge in [0.05, 0.1) is 28.9 Å². The van der Waals surface area contributed by atoms with E-state index in [1.165, 1.54) is 0 Å². The predicted molar refractivity (Wildman–Crippen MR) is 77.8 cm³/mol. The summed E-state index contributed by atoms with van der Waals surface area (Å²) >= 11 is 6.08. The third kappa shape index (κ3) is 3.23. The minimum absolute atomic E-state index is 0.122. The molecular weight excluding hydrogens is 280 g/mol. The molecule has 1 aliphatic heterocycles. The molecule has 1 unspecified atom stereocenters. The molecule has 1 heterocycles. The van der Waals surface area contributed by atoms with Gasteiger partial charge in [0.15, 0.2) is 0 Å². The predicted octanol–water partition coefficient (Wildman–Crippen LogP) is 1.53. The quantitative estimate of drug-likeness (QED) is 0.812. The molecule has 1 aliphatic rings. The maximum Gasteiger partial charge on any atom is 0.255 e. The Morgan fingerprint density at radius 2 is 2.30 bits per heavy atom. The monoisotopic (exact) mass is 298 g/mol. The second kappa shape index (κ2) is 5.60. The fourth-order valence-electron chi connectivity index (χ4n) is 2.42. The van der Waals surface area contributed by atoms with Gasteiger partial charge in [-0.25, -0.2) is 0 Å². The highest BCUT2D eigenvalue weighted by molar-refractivity contribution is 6.34. The van der Waals surface area contributed by atoms with Gasteiger partial charge in [-0.15, -0.1) is 0 Å². The lowest BCUT2D eigenvalue weighted by Crippen LogP contribution is -2.55. The first-order valence-corrected chi connectivity index (χ1v) is 6.83. The number of aliphatic hydroxyl groups is 1. The van der Waals surface area contributed by atoms with E-state index in [9.17, 15) is 9.90 Å². The van der Waals surface area contributed by atoms with E-state index >= 15 is 0 Å². The lowest BCUT2D eigenvalue weighted by molar-refractivity contribution is -0.139. The number of carbonyl (C=O) groups is 1. The zero-order valence-electron chi connectivity index (χ0n) is 11.6. The van der Waals surface area contributed by atoms with Gasteiger partial charge in [-0.3, -0.25) is 4.79 Å². The normalized spacial score (nSPS) is 21.8. The molecule has 0 aromatic heterocycles. The van der Waals surface area contributed by atoms with Crippen LogP contribution in [0.5, 0.6) is 0 Å². The number of amides is 1. The zero-order valence-corrected chi connectivity index (χ0v) is 12.4. The Labute approximate surface area is 123 Å². The number of carbonyl (C=O) groups excluding carboxylic acids is 1. The number of halogens is 1. The van der Waals surface area contributed by atoms with Crippen LogP contribution in [0.4, 0.5) is 5.69 Å². The molecule has 0 bridgehead atoms. The molecule has 0 aliphatic carbocycles. The Kier molecular flexibility index (Phi) is 4.22. The maximum absolute atomic E-state index is 12.5. The molecule has 1 amide bonds. The number of nitrogens with two attached hydrogens (primary N) is 1. The van der Waals surface area contributed by atoms with Crippen LogP contribution in [0.3, 0.4) is 0 Å². The average Bonchev–Trinajstić information content (AvgIpc) is 2.36. The molecule has 110 valence electrons. The summed E-state index contributed by atoms with van der Waals surface area (Å²) in [5.74, 6) is -0.176. The summed E-state index contributed by atoms with van der Waals surface area (Å²) in [5, 5.41) is 9.61. The lowest BCUT2D eigenvalue weighted by Gasteiger charge is -2.42. The largest absolute Gasteiger partial charge is 0.399 e. The second-order valence-electron chi connectivity index (χ2n) is 5.61. The molecule has 6 heteroatoms. The molecule has 1 fully saturated rings. The minimum atomic E-state index is -0.498. The van der Waals surface area contributed by atoms with Crippen LogP contribution < -0.4 is 5.73 Å². The number of morpholine rings is 1. The van der Waals surface area contributed by atoms with Crippen molar-refractivity contribution in [3.8, 4) is 0 Å². The van der Waals surface area contributed by atoms with Crippen LogP contribution in [0.2, 0.25) is 5.02 Å². The van der Waals surface area contributed by atoms with E-state index < -0.39 is 5.60 Å². The number of aliphatic hydroxyl groups excluding tert-OH is 1. The van der Waals surface area contributed by atoms with Gasteiger partial charge in [0.2, 0.25) is 0 Å². The fourth-order valence-corrected chi connectivity index (χ4v) is 2.69. The minimum Gasteiger partial charge on any atom is -0.399 e. The highest BCUT2D eigenvalue weighted by Gasteiger charge is 2.36. The molecule has 1 saturated heterocycles. The van der Waals surface area contributed by atoms with Crippen molar-refractivity contribution in [2.24, 2.45) is 0 Å². The number of nitrogen functional groups attached to an aromatic ring is 1. The molecule has 1 aromatic carbocycles. The molecule has 0 spiro atoms. The van der Waals surface area contributed by atoms with E-state index in [1.54, 1.807) is 23.1 Å². The van der Waals surface area contributed by atoms with E-state index in [0.29, 0.717) is 29.4 Å². The molecule has 5 nitrogen and oxygen atoms in total. The summed E-state index contributed by atoms with van der Waals surface area (Å²) in [5.41, 5.74) is 6.06. The highest BCUT2D eigenvalue weighted by atomic mass is 35.5. The van der Waals surface area contributed by atoms with Gasteiger partial charge in [0.25, 0.3) is 5.91 Å². The lowest BCUT2D eigenvalue weighted by atomic mass is 10.0. The van der Waals surface area contributed by atoms with Gasteiger partial charge in [-0.1, -0.05) is 11.6 Å². The van der Waals surface area contributed by atoms with Crippen LogP contribution in [0.25, 0.3) is 0 Å². The van der Waals surface area contributed by atoms with Crippen molar-refractivity contribution in [2.45, 2.75) is 25.6 Å². The molecule has 1 aromatic rings. The van der Waals surface area contributed by atoms with Gasteiger partial charge < -0.3 is 20.5 Å². The van der Waals surface area contributed by atoms with Crippen LogP contribution in [-0.2, 0) is 4.74 Å². The molecular formula is C14H19ClN2O3. The summed E-state index contributed by atoms with van der Waals surface area (Å²) < 4.78 is 5.69. The number of benzene rings is 1. The van der Waals surface area contributed by atoms with Crippen molar-refractivity contribution >= 4 is 23.2 Å². The van der Waals surface area contributed by atoms with Crippen LogP contribution in [-0.4, -0.2) is 47.3 Å². The maximum atomic E-state index is 12.5. The SMILES string of the molecule is CC1(C)CN(C(=O)c2ccc(N)cc2Cl)CC(CO)O1. The standard InChI is InChI=1S/C14H19ClN2O3/c1-14(2)8-17(6-10(7-18)20-14)13(19)11-4-3-9(16)5-12(11)15/h3-5,10,18H,6-8,16H2,1-2H3. The molecule has 2 rings (SSSR count). The number of hydrogen-bond donors (Lipinski definition) is 2. The van der Waals surface area contributed by atoms with Gasteiger partial charge >= 0.3 is 0 Å². The number of hydrogen-bond acceptors (Lipinski definition) is 4. The van der Waals surface area contributed by atoms with E-state index in [0.717, 1.165) is 0 Å². The summed E-state index contributed by atoms with van der Waals surface area (Å²) in [7, 11) is 0. The Hall–Kier alpha value is -1.30. The van der Waals surface area contributed by atoms with Gasteiger partial charge in [-0.2, -0.15) is 0 Å². The zero-order chi connectivity index (χ0) is 14.9. The number of nitrogens with zero attached hydrogens (tertiary/aromatic N) is 1. The summed E-state index contributed by atoms with van der Waals surface area (Å²) in [6.07, 6.45) is -0.379. The van der Waals surface area contributed by atoms with Gasteiger partial charge in [-0.05, 0) is 32.0 Å². The highest BCUT2D eigenvalue weighted by Crippen LogP contribution is 2.25. The molecule has 0 saturated carbocycles. The summed E-state index contributed by atoms with van der Waals surface area (Å²) in [4.78, 5) is 14.2. The van der Waals surface area contributed by atoms with Crippen molar-refractivity contribution in [1.29, 1.82) is 0 Å². The second-order valence-corrected chi connectivity index (χ2v) is 6.01. The Morgan fingerprint density at radius 3 is 2.90 bits per heavy atom. The van der Waals surface area contributed by atoms with Gasteiger partial charge in [0, 0.05) is 18.8 Å². The molecule has 1 atom stereocenters. The number of rotatable bonds is 2. The fraction of sp³-hybridized carbons (Fsp3) is 0.500. The van der Waals surface area contributed by atoms with E-state index in [1.807, 2.05) is 13.8 Å². The van der Waals surface area contributed by atoms with Crippen molar-refractivity contribution in [3.05, 3.63) is 28.8 Å². The number of anilines is 1. The van der Waals surface area contributed by atoms with Crippen molar-refractivity contribution in [2.75, 3.05) is 25.4 Å². The number of ether oxygens (including phenoxy) is 1.